The third kappa shape index (κ3) is 3.99. The summed E-state index contributed by atoms with van der Waals surface area (Å²) in [7, 11) is 0. The molecule has 38 heavy (non-hydrogen) atoms. The van der Waals surface area contributed by atoms with Crippen LogP contribution >= 0.6 is 0 Å². The van der Waals surface area contributed by atoms with Crippen LogP contribution in [0.4, 0.5) is 5.69 Å². The number of para-hydroxylation sites is 1. The summed E-state index contributed by atoms with van der Waals surface area (Å²) in [4.78, 5) is 12.6. The van der Waals surface area contributed by atoms with E-state index in [1.54, 1.807) is 0 Å². The number of rotatable bonds is 3. The van der Waals surface area contributed by atoms with Crippen molar-refractivity contribution in [3.8, 4) is 0 Å². The van der Waals surface area contributed by atoms with E-state index in [4.69, 9.17) is 15.7 Å². The van der Waals surface area contributed by atoms with E-state index in [1.165, 1.54) is 46.0 Å². The number of hydrogen-bond acceptors (Lipinski definition) is 3. The van der Waals surface area contributed by atoms with E-state index < -0.39 is 0 Å². The lowest BCUT2D eigenvalue weighted by Gasteiger charge is -2.40. The number of allylic oxidation sites excluding steroid dienone is 2. The number of amidine groups is 2. The topological polar surface area (TPSA) is 54.0 Å². The standard InChI is InChI=1S/C34H34N4/c35-33(37-34-30(18-9-21-36-34)27-17-8-11-23-10-1-2-14-26(23)27)24-12-7-13-25(22-24)38-31-19-5-3-15-28(31)29-16-4-6-20-32(29)38/h1-6,8,10-11,14-19,24-25,32H,7,9,12-13,20-22H2,(H2,35,36,37). The van der Waals surface area contributed by atoms with E-state index in [2.05, 4.69) is 95.9 Å². The van der Waals surface area contributed by atoms with E-state index in [-0.39, 0.29) is 5.92 Å². The van der Waals surface area contributed by atoms with Gasteiger partial charge >= 0.3 is 0 Å². The molecule has 190 valence electrons. The number of aliphatic imine (C=N–C) groups is 2. The maximum Gasteiger partial charge on any atom is 0.156 e. The van der Waals surface area contributed by atoms with Gasteiger partial charge in [-0.2, -0.15) is 0 Å². The molecule has 4 aliphatic rings. The van der Waals surface area contributed by atoms with Crippen molar-refractivity contribution in [2.24, 2.45) is 21.6 Å². The fourth-order valence-electron chi connectivity index (χ4n) is 6.95. The molecule has 0 amide bonds. The zero-order valence-electron chi connectivity index (χ0n) is 21.8. The van der Waals surface area contributed by atoms with Crippen molar-refractivity contribution < 1.29 is 0 Å². The fraction of sp³-hybridized carbons (Fsp3) is 0.294. The Morgan fingerprint density at radius 1 is 0.947 bits per heavy atom. The van der Waals surface area contributed by atoms with Crippen molar-refractivity contribution >= 4 is 39.3 Å². The second-order valence-electron chi connectivity index (χ2n) is 10.9. The van der Waals surface area contributed by atoms with E-state index >= 15 is 0 Å². The zero-order valence-corrected chi connectivity index (χ0v) is 21.8. The first-order valence-electron chi connectivity index (χ1n) is 14.1. The van der Waals surface area contributed by atoms with E-state index in [0.717, 1.165) is 49.5 Å². The third-order valence-electron chi connectivity index (χ3n) is 8.71. The summed E-state index contributed by atoms with van der Waals surface area (Å²) in [5.74, 6) is 1.81. The molecule has 3 atom stereocenters. The number of benzene rings is 3. The highest BCUT2D eigenvalue weighted by Crippen LogP contribution is 2.46. The lowest BCUT2D eigenvalue weighted by molar-refractivity contribution is 0.362. The van der Waals surface area contributed by atoms with Crippen LogP contribution < -0.4 is 10.6 Å². The van der Waals surface area contributed by atoms with Gasteiger partial charge in [-0.05, 0) is 60.1 Å². The minimum atomic E-state index is 0.270. The monoisotopic (exact) mass is 498 g/mol. The van der Waals surface area contributed by atoms with Gasteiger partial charge in [-0.3, -0.25) is 4.99 Å². The highest BCUT2D eigenvalue weighted by molar-refractivity contribution is 6.28. The maximum atomic E-state index is 6.82. The van der Waals surface area contributed by atoms with Crippen LogP contribution in [0.25, 0.3) is 21.9 Å². The molecule has 0 aromatic heterocycles. The summed E-state index contributed by atoms with van der Waals surface area (Å²) in [6, 6.07) is 24.8. The predicted octanol–water partition coefficient (Wildman–Crippen LogP) is 7.17. The van der Waals surface area contributed by atoms with Gasteiger partial charge in [0.15, 0.2) is 5.84 Å². The minimum Gasteiger partial charge on any atom is -0.387 e. The molecule has 7 rings (SSSR count). The number of nitrogens with zero attached hydrogens (tertiary/aromatic N) is 3. The Morgan fingerprint density at radius 3 is 2.76 bits per heavy atom. The number of hydrogen-bond donors (Lipinski definition) is 1. The van der Waals surface area contributed by atoms with Gasteiger partial charge in [0, 0.05) is 35.3 Å². The molecule has 3 aromatic rings. The van der Waals surface area contributed by atoms with Crippen LogP contribution in [-0.4, -0.2) is 30.3 Å². The van der Waals surface area contributed by atoms with Gasteiger partial charge in [-0.25, -0.2) is 4.99 Å². The Kier molecular flexibility index (Phi) is 5.96. The smallest absolute Gasteiger partial charge is 0.156 e. The van der Waals surface area contributed by atoms with Gasteiger partial charge in [-0.1, -0.05) is 91.4 Å². The molecule has 2 aliphatic carbocycles. The Labute approximate surface area is 225 Å². The van der Waals surface area contributed by atoms with Gasteiger partial charge in [0.05, 0.1) is 6.04 Å². The first-order chi connectivity index (χ1) is 18.8. The molecule has 2 N–H and O–H groups in total. The van der Waals surface area contributed by atoms with Crippen LogP contribution in [0.3, 0.4) is 0 Å². The summed E-state index contributed by atoms with van der Waals surface area (Å²) in [5.41, 5.74) is 13.4. The average Bonchev–Trinajstić information content (AvgIpc) is 3.32. The molecule has 0 saturated heterocycles. The van der Waals surface area contributed by atoms with Crippen LogP contribution in [0, 0.1) is 5.92 Å². The Hall–Kier alpha value is -3.92. The SMILES string of the molecule is NC(=NC1=NCCC=C1c1cccc2ccccc12)C1CCCC(N2c3ccccc3C3=CC=CCC32)C1. The van der Waals surface area contributed by atoms with Gasteiger partial charge in [0.1, 0.15) is 5.84 Å². The molecule has 0 radical (unpaired) electrons. The Bertz CT molecular complexity index is 1530. The summed E-state index contributed by atoms with van der Waals surface area (Å²) < 4.78 is 0. The highest BCUT2D eigenvalue weighted by Gasteiger charge is 2.40. The average molecular weight is 499 g/mol. The largest absolute Gasteiger partial charge is 0.387 e. The quantitative estimate of drug-likeness (QED) is 0.307. The van der Waals surface area contributed by atoms with E-state index in [0.29, 0.717) is 12.1 Å². The Balaban J connectivity index is 1.17. The van der Waals surface area contributed by atoms with E-state index in [9.17, 15) is 0 Å². The first kappa shape index (κ1) is 23.2. The predicted molar refractivity (Wildman–Crippen MR) is 161 cm³/mol. The van der Waals surface area contributed by atoms with Crippen molar-refractivity contribution in [3.05, 3.63) is 102 Å². The summed E-state index contributed by atoms with van der Waals surface area (Å²) in [6.45, 7) is 0.766. The lowest BCUT2D eigenvalue weighted by Crippen LogP contribution is -2.45. The highest BCUT2D eigenvalue weighted by atomic mass is 15.2. The fourth-order valence-corrected chi connectivity index (χ4v) is 6.95. The molecule has 1 fully saturated rings. The molecular weight excluding hydrogens is 464 g/mol. The van der Waals surface area contributed by atoms with Crippen LogP contribution in [0.1, 0.15) is 49.7 Å². The molecule has 2 aliphatic heterocycles. The molecule has 0 bridgehead atoms. The van der Waals surface area contributed by atoms with Crippen LogP contribution in [0.15, 0.2) is 101 Å². The third-order valence-corrected chi connectivity index (χ3v) is 8.71. The van der Waals surface area contributed by atoms with Gasteiger partial charge in [-0.15, -0.1) is 0 Å². The van der Waals surface area contributed by atoms with Crippen molar-refractivity contribution in [2.45, 2.75) is 50.6 Å². The number of anilines is 1. The maximum absolute atomic E-state index is 6.82. The van der Waals surface area contributed by atoms with Crippen molar-refractivity contribution in [1.82, 2.24) is 0 Å². The second kappa shape index (κ2) is 9.75. The van der Waals surface area contributed by atoms with Crippen molar-refractivity contribution in [3.63, 3.8) is 0 Å². The Morgan fingerprint density at radius 2 is 1.79 bits per heavy atom. The normalized spacial score (nSPS) is 24.9. The lowest BCUT2D eigenvalue weighted by atomic mass is 9.83. The molecule has 4 heteroatoms. The van der Waals surface area contributed by atoms with Gasteiger partial charge < -0.3 is 10.6 Å². The molecular formula is C34H34N4. The van der Waals surface area contributed by atoms with Crippen LogP contribution in [0.5, 0.6) is 0 Å². The van der Waals surface area contributed by atoms with Gasteiger partial charge in [0.2, 0.25) is 0 Å². The number of nitrogens with two attached hydrogens (primary N) is 1. The summed E-state index contributed by atoms with van der Waals surface area (Å²) >= 11 is 0. The minimum absolute atomic E-state index is 0.270. The van der Waals surface area contributed by atoms with Crippen molar-refractivity contribution in [2.75, 3.05) is 11.4 Å². The van der Waals surface area contributed by atoms with E-state index in [1.807, 2.05) is 0 Å². The molecule has 2 heterocycles. The summed E-state index contributed by atoms with van der Waals surface area (Å²) in [6.07, 6.45) is 15.6. The number of fused-ring (bicyclic) bond motifs is 4. The van der Waals surface area contributed by atoms with Crippen LogP contribution in [-0.2, 0) is 0 Å². The summed E-state index contributed by atoms with van der Waals surface area (Å²) in [5, 5.41) is 2.47. The molecule has 0 spiro atoms. The molecule has 4 nitrogen and oxygen atoms in total. The molecule has 3 unspecified atom stereocenters. The number of dihydropyridines is 1. The first-order valence-corrected chi connectivity index (χ1v) is 14.1. The zero-order chi connectivity index (χ0) is 25.5. The second-order valence-corrected chi connectivity index (χ2v) is 10.9. The molecule has 1 saturated carbocycles. The van der Waals surface area contributed by atoms with Crippen LogP contribution in [0.2, 0.25) is 0 Å². The molecule has 3 aromatic carbocycles. The van der Waals surface area contributed by atoms with Crippen molar-refractivity contribution in [1.29, 1.82) is 0 Å². The van der Waals surface area contributed by atoms with Gasteiger partial charge in [0.25, 0.3) is 0 Å².